The van der Waals surface area contributed by atoms with Crippen LogP contribution in [-0.2, 0) is 12.8 Å². The maximum Gasteiger partial charge on any atom is 0.264 e. The van der Waals surface area contributed by atoms with E-state index >= 15 is 0 Å². The molecule has 0 fully saturated rings. The minimum Gasteiger partial charge on any atom is -0.309 e. The lowest BCUT2D eigenvalue weighted by atomic mass is 9.77. The van der Waals surface area contributed by atoms with E-state index in [-0.39, 0.29) is 11.5 Å². The van der Waals surface area contributed by atoms with Crippen LogP contribution in [0, 0.1) is 3.57 Å². The Kier molecular flexibility index (Phi) is 2.97. The number of H-pyrrole nitrogens is 1. The number of aromatic amines is 1. The molecule has 4 heteroatoms. The Hall–Kier alpha value is -1.17. The summed E-state index contributed by atoms with van der Waals surface area (Å²) in [6.45, 7) is 2.03. The molecular formula is C14H13IN2O. The van der Waals surface area contributed by atoms with Crippen LogP contribution in [0.5, 0.6) is 0 Å². The number of rotatable bonds is 2. The molecule has 1 unspecified atom stereocenters. The summed E-state index contributed by atoms with van der Waals surface area (Å²) in [7, 11) is 0. The van der Waals surface area contributed by atoms with Gasteiger partial charge in [0.15, 0.2) is 0 Å². The van der Waals surface area contributed by atoms with Gasteiger partial charge in [0.25, 0.3) is 5.56 Å². The molecule has 1 aromatic carbocycles. The minimum atomic E-state index is -0.0122. The van der Waals surface area contributed by atoms with E-state index in [1.54, 1.807) is 0 Å². The van der Waals surface area contributed by atoms with E-state index in [4.69, 9.17) is 0 Å². The Morgan fingerprint density at radius 1 is 1.44 bits per heavy atom. The van der Waals surface area contributed by atoms with Crippen LogP contribution in [0.2, 0.25) is 0 Å². The first-order valence-electron chi connectivity index (χ1n) is 6.07. The molecule has 1 atom stereocenters. The van der Waals surface area contributed by atoms with Crippen molar-refractivity contribution in [2.75, 3.05) is 0 Å². The fourth-order valence-electron chi connectivity index (χ4n) is 2.43. The van der Waals surface area contributed by atoms with Gasteiger partial charge in [0.05, 0.1) is 9.26 Å². The second-order valence-electron chi connectivity index (χ2n) is 4.52. The van der Waals surface area contributed by atoms with Crippen LogP contribution in [0.3, 0.4) is 0 Å². The molecule has 1 heterocycles. The first-order valence-corrected chi connectivity index (χ1v) is 7.15. The average molecular weight is 352 g/mol. The molecule has 92 valence electrons. The van der Waals surface area contributed by atoms with E-state index in [0.717, 1.165) is 24.4 Å². The standard InChI is InChI=1S/C14H13IN2O/c1-2-11-12(15)14(18)17-13(16-11)10-7-8-5-3-4-6-9(8)10/h3-6,10H,2,7H2,1H3,(H,16,17,18). The third kappa shape index (κ3) is 1.79. The smallest absolute Gasteiger partial charge is 0.264 e. The van der Waals surface area contributed by atoms with Crippen molar-refractivity contribution in [3.05, 3.63) is 60.8 Å². The molecule has 18 heavy (non-hydrogen) atoms. The van der Waals surface area contributed by atoms with Crippen molar-refractivity contribution in [3.63, 3.8) is 0 Å². The van der Waals surface area contributed by atoms with Gasteiger partial charge in [-0.2, -0.15) is 0 Å². The molecule has 0 bridgehead atoms. The summed E-state index contributed by atoms with van der Waals surface area (Å²) in [6, 6.07) is 8.34. The molecule has 0 radical (unpaired) electrons. The Morgan fingerprint density at radius 2 is 2.22 bits per heavy atom. The number of halogens is 1. The predicted molar refractivity (Wildman–Crippen MR) is 78.9 cm³/mol. The lowest BCUT2D eigenvalue weighted by Gasteiger charge is -2.29. The van der Waals surface area contributed by atoms with Crippen molar-refractivity contribution in [2.45, 2.75) is 25.7 Å². The molecule has 0 saturated heterocycles. The van der Waals surface area contributed by atoms with Crippen LogP contribution >= 0.6 is 22.6 Å². The van der Waals surface area contributed by atoms with E-state index < -0.39 is 0 Å². The van der Waals surface area contributed by atoms with Crippen LogP contribution in [0.15, 0.2) is 29.1 Å². The van der Waals surface area contributed by atoms with Crippen LogP contribution in [0.4, 0.5) is 0 Å². The van der Waals surface area contributed by atoms with Gasteiger partial charge in [-0.1, -0.05) is 31.2 Å². The van der Waals surface area contributed by atoms with Gasteiger partial charge in [0.2, 0.25) is 0 Å². The van der Waals surface area contributed by atoms with Crippen LogP contribution in [0.25, 0.3) is 0 Å². The number of hydrogen-bond donors (Lipinski definition) is 1. The fourth-order valence-corrected chi connectivity index (χ4v) is 3.06. The Labute approximate surface area is 119 Å². The predicted octanol–water partition coefficient (Wildman–Crippen LogP) is 2.62. The third-order valence-electron chi connectivity index (χ3n) is 3.47. The average Bonchev–Trinajstić information content (AvgIpc) is 2.35. The van der Waals surface area contributed by atoms with Crippen molar-refractivity contribution in [3.8, 4) is 0 Å². The number of nitrogens with zero attached hydrogens (tertiary/aromatic N) is 1. The van der Waals surface area contributed by atoms with Gasteiger partial charge in [-0.3, -0.25) is 4.79 Å². The Bertz CT molecular complexity index is 663. The zero-order chi connectivity index (χ0) is 12.7. The Morgan fingerprint density at radius 3 is 2.94 bits per heavy atom. The SMILES string of the molecule is CCc1nc(C2Cc3ccccc32)[nH]c(=O)c1I. The first kappa shape index (κ1) is 11.9. The van der Waals surface area contributed by atoms with Gasteiger partial charge in [-0.05, 0) is 46.6 Å². The van der Waals surface area contributed by atoms with Crippen molar-refractivity contribution in [2.24, 2.45) is 0 Å². The monoisotopic (exact) mass is 352 g/mol. The second kappa shape index (κ2) is 4.50. The third-order valence-corrected chi connectivity index (χ3v) is 4.58. The summed E-state index contributed by atoms with van der Waals surface area (Å²) in [4.78, 5) is 19.4. The molecule has 0 aliphatic heterocycles. The zero-order valence-electron chi connectivity index (χ0n) is 10.0. The molecule has 0 saturated carbocycles. The second-order valence-corrected chi connectivity index (χ2v) is 5.60. The van der Waals surface area contributed by atoms with Gasteiger partial charge < -0.3 is 4.98 Å². The molecule has 1 aromatic heterocycles. The topological polar surface area (TPSA) is 45.8 Å². The highest BCUT2D eigenvalue weighted by Gasteiger charge is 2.29. The molecule has 0 spiro atoms. The number of fused-ring (bicyclic) bond motifs is 1. The number of hydrogen-bond acceptors (Lipinski definition) is 2. The highest BCUT2D eigenvalue weighted by molar-refractivity contribution is 14.1. The van der Waals surface area contributed by atoms with Crippen LogP contribution in [-0.4, -0.2) is 9.97 Å². The molecule has 1 N–H and O–H groups in total. The van der Waals surface area contributed by atoms with Crippen molar-refractivity contribution >= 4 is 22.6 Å². The zero-order valence-corrected chi connectivity index (χ0v) is 12.2. The highest BCUT2D eigenvalue weighted by atomic mass is 127. The highest BCUT2D eigenvalue weighted by Crippen LogP contribution is 2.38. The van der Waals surface area contributed by atoms with Gasteiger partial charge >= 0.3 is 0 Å². The number of aryl methyl sites for hydroxylation is 1. The maximum atomic E-state index is 11.9. The quantitative estimate of drug-likeness (QED) is 0.845. The summed E-state index contributed by atoms with van der Waals surface area (Å²) < 4.78 is 0.714. The van der Waals surface area contributed by atoms with Crippen molar-refractivity contribution in [1.82, 2.24) is 9.97 Å². The molecule has 0 amide bonds. The van der Waals surface area contributed by atoms with E-state index in [9.17, 15) is 4.79 Å². The molecule has 3 nitrogen and oxygen atoms in total. The number of benzene rings is 1. The summed E-state index contributed by atoms with van der Waals surface area (Å²) in [6.07, 6.45) is 1.77. The molecule has 2 aromatic rings. The van der Waals surface area contributed by atoms with E-state index in [0.29, 0.717) is 3.57 Å². The summed E-state index contributed by atoms with van der Waals surface area (Å²) in [5, 5.41) is 0. The largest absolute Gasteiger partial charge is 0.309 e. The Balaban J connectivity index is 2.06. The van der Waals surface area contributed by atoms with Gasteiger partial charge in [0, 0.05) is 5.92 Å². The fraction of sp³-hybridized carbons (Fsp3) is 0.286. The number of aromatic nitrogens is 2. The summed E-state index contributed by atoms with van der Waals surface area (Å²) in [5.41, 5.74) is 3.55. The molecule has 1 aliphatic rings. The van der Waals surface area contributed by atoms with Gasteiger partial charge in [-0.15, -0.1) is 0 Å². The summed E-state index contributed by atoms with van der Waals surface area (Å²) >= 11 is 2.07. The minimum absolute atomic E-state index is 0.0122. The maximum absolute atomic E-state index is 11.9. The van der Waals surface area contributed by atoms with E-state index in [1.165, 1.54) is 11.1 Å². The molecule has 1 aliphatic carbocycles. The van der Waals surface area contributed by atoms with Gasteiger partial charge in [-0.25, -0.2) is 4.98 Å². The summed E-state index contributed by atoms with van der Waals surface area (Å²) in [5.74, 6) is 1.08. The number of nitrogens with one attached hydrogen (secondary N) is 1. The molecule has 3 rings (SSSR count). The first-order chi connectivity index (χ1) is 8.70. The lowest BCUT2D eigenvalue weighted by Crippen LogP contribution is -2.26. The normalized spacial score (nSPS) is 17.1. The lowest BCUT2D eigenvalue weighted by molar-refractivity contribution is 0.648. The molecular weight excluding hydrogens is 339 g/mol. The van der Waals surface area contributed by atoms with E-state index in [1.807, 2.05) is 13.0 Å². The van der Waals surface area contributed by atoms with Crippen LogP contribution < -0.4 is 5.56 Å². The van der Waals surface area contributed by atoms with E-state index in [2.05, 4.69) is 50.8 Å². The van der Waals surface area contributed by atoms with Crippen molar-refractivity contribution < 1.29 is 0 Å². The van der Waals surface area contributed by atoms with Crippen LogP contribution in [0.1, 0.15) is 35.5 Å². The van der Waals surface area contributed by atoms with Gasteiger partial charge in [0.1, 0.15) is 5.82 Å². The van der Waals surface area contributed by atoms with Crippen molar-refractivity contribution in [1.29, 1.82) is 0 Å².